The van der Waals surface area contributed by atoms with E-state index in [2.05, 4.69) is 10.6 Å². The first kappa shape index (κ1) is 18.9. The van der Waals surface area contributed by atoms with Crippen LogP contribution in [0, 0.1) is 6.92 Å². The number of imide groups is 1. The lowest BCUT2D eigenvalue weighted by atomic mass is 10.1. The predicted octanol–water partition coefficient (Wildman–Crippen LogP) is 0.526. The second kappa shape index (κ2) is 8.62. The Morgan fingerprint density at radius 2 is 1.68 bits per heavy atom. The molecule has 1 atom stereocenters. The minimum Gasteiger partial charge on any atom is -0.341 e. The number of rotatable bonds is 4. The molecule has 136 valence electrons. The summed E-state index contributed by atoms with van der Waals surface area (Å²) in [7, 11) is 1.46. The smallest absolute Gasteiger partial charge is 0.321 e. The fourth-order valence-electron chi connectivity index (χ4n) is 2.80. The van der Waals surface area contributed by atoms with Crippen molar-refractivity contribution < 1.29 is 14.4 Å². The fraction of sp³-hybridized carbons (Fsp3) is 0.500. The normalized spacial score (nSPS) is 16.2. The molecule has 7 heteroatoms. The first-order valence-corrected chi connectivity index (χ1v) is 8.50. The van der Waals surface area contributed by atoms with Crippen LogP contribution in [0.5, 0.6) is 0 Å². The van der Waals surface area contributed by atoms with Crippen LogP contribution < -0.4 is 10.6 Å². The van der Waals surface area contributed by atoms with E-state index in [0.717, 1.165) is 5.56 Å². The number of benzene rings is 1. The monoisotopic (exact) mass is 346 g/mol. The predicted molar refractivity (Wildman–Crippen MR) is 95.1 cm³/mol. The third-order valence-electron chi connectivity index (χ3n) is 4.53. The molecule has 2 rings (SSSR count). The summed E-state index contributed by atoms with van der Waals surface area (Å²) in [5.74, 6) is -0.232. The van der Waals surface area contributed by atoms with Crippen LogP contribution in [-0.4, -0.2) is 66.9 Å². The molecule has 0 unspecified atom stereocenters. The first-order valence-electron chi connectivity index (χ1n) is 8.50. The molecule has 0 spiro atoms. The third-order valence-corrected chi connectivity index (χ3v) is 4.53. The summed E-state index contributed by atoms with van der Waals surface area (Å²) >= 11 is 0. The van der Waals surface area contributed by atoms with Crippen molar-refractivity contribution in [3.05, 3.63) is 35.4 Å². The fourth-order valence-corrected chi connectivity index (χ4v) is 2.80. The van der Waals surface area contributed by atoms with Crippen LogP contribution in [0.15, 0.2) is 24.3 Å². The molecule has 25 heavy (non-hydrogen) atoms. The van der Waals surface area contributed by atoms with Crippen molar-refractivity contribution in [2.45, 2.75) is 26.3 Å². The lowest BCUT2D eigenvalue weighted by Crippen LogP contribution is -2.56. The molecular weight excluding hydrogens is 320 g/mol. The van der Waals surface area contributed by atoms with Gasteiger partial charge in [-0.3, -0.25) is 19.8 Å². The number of carbonyl (C=O) groups excluding carboxylic acids is 3. The highest BCUT2D eigenvalue weighted by atomic mass is 16.2. The number of urea groups is 1. The van der Waals surface area contributed by atoms with Gasteiger partial charge in [0.15, 0.2) is 0 Å². The molecule has 7 nitrogen and oxygen atoms in total. The zero-order valence-corrected chi connectivity index (χ0v) is 15.0. The van der Waals surface area contributed by atoms with Crippen LogP contribution in [0.2, 0.25) is 0 Å². The molecule has 0 bridgehead atoms. The van der Waals surface area contributed by atoms with Crippen LogP contribution in [-0.2, 0) is 16.0 Å². The van der Waals surface area contributed by atoms with Crippen LogP contribution in [0.3, 0.4) is 0 Å². The third kappa shape index (κ3) is 5.29. The Labute approximate surface area is 148 Å². The number of aryl methyl sites for hydroxylation is 1. The second-order valence-electron chi connectivity index (χ2n) is 6.32. The van der Waals surface area contributed by atoms with Crippen molar-refractivity contribution >= 4 is 17.8 Å². The van der Waals surface area contributed by atoms with E-state index in [9.17, 15) is 14.4 Å². The van der Waals surface area contributed by atoms with Gasteiger partial charge in [-0.15, -0.1) is 0 Å². The maximum atomic E-state index is 12.4. The molecule has 0 aromatic heterocycles. The van der Waals surface area contributed by atoms with E-state index in [1.807, 2.05) is 41.0 Å². The number of nitrogens with one attached hydrogen (secondary N) is 2. The van der Waals surface area contributed by atoms with Crippen molar-refractivity contribution in [1.29, 1.82) is 0 Å². The van der Waals surface area contributed by atoms with Crippen molar-refractivity contribution in [3.8, 4) is 0 Å². The Hall–Kier alpha value is -2.41. The number of nitrogens with zero attached hydrogens (tertiary/aromatic N) is 2. The SMILES string of the molecule is CNC(=O)NC(=O)[C@@H](C)N1CCN(C(=O)Cc2ccc(C)cc2)CC1. The van der Waals surface area contributed by atoms with Crippen molar-refractivity contribution in [1.82, 2.24) is 20.4 Å². The van der Waals surface area contributed by atoms with Gasteiger partial charge < -0.3 is 10.2 Å². The van der Waals surface area contributed by atoms with E-state index >= 15 is 0 Å². The number of hydrogen-bond donors (Lipinski definition) is 2. The van der Waals surface area contributed by atoms with E-state index in [4.69, 9.17) is 0 Å². The Kier molecular flexibility index (Phi) is 6.52. The maximum Gasteiger partial charge on any atom is 0.321 e. The van der Waals surface area contributed by atoms with Gasteiger partial charge in [0.25, 0.3) is 0 Å². The van der Waals surface area contributed by atoms with Crippen molar-refractivity contribution in [2.24, 2.45) is 0 Å². The second-order valence-corrected chi connectivity index (χ2v) is 6.32. The largest absolute Gasteiger partial charge is 0.341 e. The quantitative estimate of drug-likeness (QED) is 0.833. The van der Waals surface area contributed by atoms with Crippen LogP contribution in [0.1, 0.15) is 18.1 Å². The average molecular weight is 346 g/mol. The summed E-state index contributed by atoms with van der Waals surface area (Å²) in [6, 6.07) is 7.06. The summed E-state index contributed by atoms with van der Waals surface area (Å²) in [6.45, 7) is 6.18. The van der Waals surface area contributed by atoms with Gasteiger partial charge in [-0.25, -0.2) is 4.79 Å². The highest BCUT2D eigenvalue weighted by Gasteiger charge is 2.28. The lowest BCUT2D eigenvalue weighted by Gasteiger charge is -2.37. The first-order chi connectivity index (χ1) is 11.9. The minimum atomic E-state index is -0.510. The molecule has 0 aliphatic carbocycles. The van der Waals surface area contributed by atoms with Crippen LogP contribution >= 0.6 is 0 Å². The Bertz CT molecular complexity index is 622. The Morgan fingerprint density at radius 1 is 1.08 bits per heavy atom. The number of carbonyl (C=O) groups is 3. The molecule has 1 aliphatic heterocycles. The van der Waals surface area contributed by atoms with Crippen molar-refractivity contribution in [3.63, 3.8) is 0 Å². The van der Waals surface area contributed by atoms with Gasteiger partial charge >= 0.3 is 6.03 Å². The summed E-state index contributed by atoms with van der Waals surface area (Å²) in [4.78, 5) is 39.5. The summed E-state index contributed by atoms with van der Waals surface area (Å²) < 4.78 is 0. The summed E-state index contributed by atoms with van der Waals surface area (Å²) in [5.41, 5.74) is 2.19. The van der Waals surface area contributed by atoms with Crippen LogP contribution in [0.25, 0.3) is 0 Å². The average Bonchev–Trinajstić information content (AvgIpc) is 2.62. The zero-order valence-electron chi connectivity index (χ0n) is 15.0. The molecule has 2 N–H and O–H groups in total. The molecule has 4 amide bonds. The molecule has 1 aromatic rings. The minimum absolute atomic E-state index is 0.103. The van der Waals surface area contributed by atoms with Gasteiger partial charge in [-0.1, -0.05) is 29.8 Å². The zero-order chi connectivity index (χ0) is 18.4. The van der Waals surface area contributed by atoms with Gasteiger partial charge in [-0.05, 0) is 19.4 Å². The standard InChI is InChI=1S/C18H26N4O3/c1-13-4-6-15(7-5-13)12-16(23)22-10-8-21(9-11-22)14(2)17(24)20-18(25)19-3/h4-7,14H,8-12H2,1-3H3,(H2,19,20,24,25)/t14-/m1/s1. The van der Waals surface area contributed by atoms with Gasteiger partial charge in [0.05, 0.1) is 12.5 Å². The van der Waals surface area contributed by atoms with Gasteiger partial charge in [0.2, 0.25) is 11.8 Å². The van der Waals surface area contributed by atoms with Crippen molar-refractivity contribution in [2.75, 3.05) is 33.2 Å². The molecular formula is C18H26N4O3. The lowest BCUT2D eigenvalue weighted by molar-refractivity contribution is -0.133. The molecule has 1 fully saturated rings. The highest BCUT2D eigenvalue weighted by molar-refractivity contribution is 5.96. The van der Waals surface area contributed by atoms with Gasteiger partial charge in [0, 0.05) is 33.2 Å². The van der Waals surface area contributed by atoms with Gasteiger partial charge in [0.1, 0.15) is 0 Å². The summed E-state index contributed by atoms with van der Waals surface area (Å²) in [6.07, 6.45) is 0.396. The van der Waals surface area contributed by atoms with E-state index in [-0.39, 0.29) is 11.8 Å². The summed E-state index contributed by atoms with van der Waals surface area (Å²) in [5, 5.41) is 4.65. The maximum absolute atomic E-state index is 12.4. The van der Waals surface area contributed by atoms with E-state index in [1.54, 1.807) is 6.92 Å². The highest BCUT2D eigenvalue weighted by Crippen LogP contribution is 2.10. The number of amides is 4. The number of hydrogen-bond acceptors (Lipinski definition) is 4. The van der Waals surface area contributed by atoms with Crippen LogP contribution in [0.4, 0.5) is 4.79 Å². The molecule has 1 aromatic carbocycles. The molecule has 1 aliphatic rings. The van der Waals surface area contributed by atoms with E-state index in [1.165, 1.54) is 12.6 Å². The Balaban J connectivity index is 1.82. The van der Waals surface area contributed by atoms with Gasteiger partial charge in [-0.2, -0.15) is 0 Å². The van der Waals surface area contributed by atoms with E-state index in [0.29, 0.717) is 32.6 Å². The molecule has 1 saturated heterocycles. The molecule has 1 heterocycles. The molecule has 0 radical (unpaired) electrons. The molecule has 0 saturated carbocycles. The topological polar surface area (TPSA) is 81.8 Å². The van der Waals surface area contributed by atoms with E-state index < -0.39 is 12.1 Å². The number of piperazine rings is 1. The Morgan fingerprint density at radius 3 is 2.24 bits per heavy atom.